The average molecular weight is 415 g/mol. The molecule has 27 heavy (non-hydrogen) atoms. The predicted octanol–water partition coefficient (Wildman–Crippen LogP) is 3.63. The third kappa shape index (κ3) is 4.40. The first-order chi connectivity index (χ1) is 12.2. The summed E-state index contributed by atoms with van der Waals surface area (Å²) in [6.45, 7) is 2.15. The molecule has 150 valence electrons. The predicted molar refractivity (Wildman–Crippen MR) is 112 cm³/mol. The SMILES string of the molecule is COCC1(C(=O)Nc2ccc3nc(C4CCC4)[nH]c3c2)CCNCC1.Cl.Cl. The number of amides is 1. The number of fused-ring (bicyclic) bond motifs is 1. The summed E-state index contributed by atoms with van der Waals surface area (Å²) in [6.07, 6.45) is 5.32. The Morgan fingerprint density at radius 1 is 1.30 bits per heavy atom. The minimum atomic E-state index is -0.444. The summed E-state index contributed by atoms with van der Waals surface area (Å²) >= 11 is 0. The quantitative estimate of drug-likeness (QED) is 0.697. The molecule has 0 unspecified atom stereocenters. The third-order valence-corrected chi connectivity index (χ3v) is 5.71. The molecule has 1 aliphatic heterocycles. The van der Waals surface area contributed by atoms with Crippen molar-refractivity contribution in [2.45, 2.75) is 38.0 Å². The van der Waals surface area contributed by atoms with Crippen molar-refractivity contribution in [1.82, 2.24) is 15.3 Å². The molecule has 2 heterocycles. The van der Waals surface area contributed by atoms with Crippen LogP contribution in [-0.4, -0.2) is 42.7 Å². The van der Waals surface area contributed by atoms with E-state index in [1.54, 1.807) is 7.11 Å². The number of halogens is 2. The highest BCUT2D eigenvalue weighted by molar-refractivity contribution is 5.97. The number of nitrogens with one attached hydrogen (secondary N) is 3. The lowest BCUT2D eigenvalue weighted by molar-refractivity contribution is -0.130. The van der Waals surface area contributed by atoms with Gasteiger partial charge in [0.2, 0.25) is 5.91 Å². The second-order valence-corrected chi connectivity index (χ2v) is 7.40. The Labute approximate surface area is 172 Å². The monoisotopic (exact) mass is 414 g/mol. The van der Waals surface area contributed by atoms with Crippen molar-refractivity contribution in [3.05, 3.63) is 24.0 Å². The molecule has 8 heteroatoms. The van der Waals surface area contributed by atoms with Gasteiger partial charge >= 0.3 is 0 Å². The van der Waals surface area contributed by atoms with E-state index >= 15 is 0 Å². The highest BCUT2D eigenvalue weighted by Crippen LogP contribution is 2.36. The number of aromatic nitrogens is 2. The Hall–Kier alpha value is -1.34. The number of carbonyl (C=O) groups excluding carboxylic acids is 1. The average Bonchev–Trinajstić information content (AvgIpc) is 2.96. The van der Waals surface area contributed by atoms with Crippen molar-refractivity contribution in [3.8, 4) is 0 Å². The standard InChI is InChI=1S/C19H26N4O2.2ClH/c1-25-12-19(7-9-20-10-8-19)18(24)21-14-5-6-15-16(11-14)23-17(22-15)13-3-2-4-13;;/h5-6,11,13,20H,2-4,7-10,12H2,1H3,(H,21,24)(H,22,23);2*1H. The molecule has 1 saturated heterocycles. The molecule has 1 aliphatic carbocycles. The van der Waals surface area contributed by atoms with Gasteiger partial charge in [0, 0.05) is 18.7 Å². The molecule has 0 spiro atoms. The molecule has 1 amide bonds. The molecule has 1 saturated carbocycles. The van der Waals surface area contributed by atoms with Gasteiger partial charge in [0.15, 0.2) is 0 Å². The Morgan fingerprint density at radius 3 is 2.67 bits per heavy atom. The van der Waals surface area contributed by atoms with Crippen LogP contribution < -0.4 is 10.6 Å². The van der Waals surface area contributed by atoms with Crippen LogP contribution in [0.4, 0.5) is 5.69 Å². The van der Waals surface area contributed by atoms with Crippen LogP contribution in [0.2, 0.25) is 0 Å². The number of nitrogens with zero attached hydrogens (tertiary/aromatic N) is 1. The number of hydrogen-bond donors (Lipinski definition) is 3. The van der Waals surface area contributed by atoms with Gasteiger partial charge in [-0.3, -0.25) is 4.79 Å². The molecule has 0 atom stereocenters. The van der Waals surface area contributed by atoms with Crippen LogP contribution in [0.5, 0.6) is 0 Å². The zero-order valence-corrected chi connectivity index (χ0v) is 17.2. The number of anilines is 1. The molecular weight excluding hydrogens is 387 g/mol. The lowest BCUT2D eigenvalue weighted by atomic mass is 9.78. The first-order valence-electron chi connectivity index (χ1n) is 9.21. The van der Waals surface area contributed by atoms with Gasteiger partial charge in [-0.05, 0) is 57.0 Å². The second kappa shape index (κ2) is 9.24. The fourth-order valence-electron chi connectivity index (χ4n) is 3.86. The second-order valence-electron chi connectivity index (χ2n) is 7.40. The maximum Gasteiger partial charge on any atom is 0.233 e. The zero-order valence-electron chi connectivity index (χ0n) is 15.5. The Kier molecular flexibility index (Phi) is 7.51. The van der Waals surface area contributed by atoms with Crippen LogP contribution in [0.25, 0.3) is 11.0 Å². The molecule has 0 radical (unpaired) electrons. The minimum absolute atomic E-state index is 0. The van der Waals surface area contributed by atoms with Crippen molar-refractivity contribution in [2.75, 3.05) is 32.1 Å². The van der Waals surface area contributed by atoms with Gasteiger partial charge in [0.25, 0.3) is 0 Å². The first-order valence-corrected chi connectivity index (χ1v) is 9.21. The number of rotatable bonds is 5. The molecule has 2 aliphatic rings. The summed E-state index contributed by atoms with van der Waals surface area (Å²) in [7, 11) is 1.66. The highest BCUT2D eigenvalue weighted by Gasteiger charge is 2.39. The van der Waals surface area contributed by atoms with Crippen LogP contribution in [0, 0.1) is 5.41 Å². The number of benzene rings is 1. The van der Waals surface area contributed by atoms with Crippen molar-refractivity contribution >= 4 is 47.4 Å². The number of aromatic amines is 1. The molecular formula is C19H28Cl2N4O2. The van der Waals surface area contributed by atoms with Crippen molar-refractivity contribution in [1.29, 1.82) is 0 Å². The Bertz CT molecular complexity index is 765. The van der Waals surface area contributed by atoms with E-state index in [1.165, 1.54) is 19.3 Å². The van der Waals surface area contributed by atoms with Crippen molar-refractivity contribution < 1.29 is 9.53 Å². The summed E-state index contributed by atoms with van der Waals surface area (Å²) in [4.78, 5) is 21.1. The van der Waals surface area contributed by atoms with E-state index in [4.69, 9.17) is 9.72 Å². The number of carbonyl (C=O) groups is 1. The van der Waals surface area contributed by atoms with Crippen LogP contribution in [0.3, 0.4) is 0 Å². The Morgan fingerprint density at radius 2 is 2.04 bits per heavy atom. The van der Waals surface area contributed by atoms with Gasteiger partial charge in [-0.1, -0.05) is 6.42 Å². The van der Waals surface area contributed by atoms with E-state index in [0.29, 0.717) is 12.5 Å². The largest absolute Gasteiger partial charge is 0.384 e. The maximum atomic E-state index is 12.9. The van der Waals surface area contributed by atoms with Crippen LogP contribution in [0.15, 0.2) is 18.2 Å². The summed E-state index contributed by atoms with van der Waals surface area (Å²) in [5.41, 5.74) is 2.33. The van der Waals surface area contributed by atoms with E-state index in [0.717, 1.165) is 48.5 Å². The van der Waals surface area contributed by atoms with Gasteiger partial charge < -0.3 is 20.4 Å². The van der Waals surface area contributed by atoms with Gasteiger partial charge in [0.05, 0.1) is 23.1 Å². The fourth-order valence-corrected chi connectivity index (χ4v) is 3.86. The zero-order chi connectivity index (χ0) is 17.3. The summed E-state index contributed by atoms with van der Waals surface area (Å²) < 4.78 is 5.36. The van der Waals surface area contributed by atoms with E-state index < -0.39 is 5.41 Å². The van der Waals surface area contributed by atoms with E-state index in [9.17, 15) is 4.79 Å². The molecule has 1 aromatic carbocycles. The van der Waals surface area contributed by atoms with E-state index in [1.807, 2.05) is 18.2 Å². The number of imidazole rings is 1. The summed E-state index contributed by atoms with van der Waals surface area (Å²) in [6, 6.07) is 5.91. The smallest absolute Gasteiger partial charge is 0.233 e. The number of H-pyrrole nitrogens is 1. The van der Waals surface area contributed by atoms with E-state index in [-0.39, 0.29) is 30.7 Å². The highest BCUT2D eigenvalue weighted by atomic mass is 35.5. The molecule has 1 aromatic heterocycles. The molecule has 2 aromatic rings. The van der Waals surface area contributed by atoms with Crippen LogP contribution in [0.1, 0.15) is 43.8 Å². The van der Waals surface area contributed by atoms with Gasteiger partial charge in [0.1, 0.15) is 5.82 Å². The molecule has 3 N–H and O–H groups in total. The van der Waals surface area contributed by atoms with Crippen LogP contribution >= 0.6 is 24.8 Å². The normalized spacial score (nSPS) is 18.9. The third-order valence-electron chi connectivity index (χ3n) is 5.71. The number of ether oxygens (including phenoxy) is 1. The summed E-state index contributed by atoms with van der Waals surface area (Å²) in [5, 5.41) is 6.42. The maximum absolute atomic E-state index is 12.9. The van der Waals surface area contributed by atoms with Crippen LogP contribution in [-0.2, 0) is 9.53 Å². The first kappa shape index (κ1) is 22.0. The lowest BCUT2D eigenvalue weighted by Crippen LogP contribution is -2.47. The fraction of sp³-hybridized carbons (Fsp3) is 0.579. The lowest BCUT2D eigenvalue weighted by Gasteiger charge is -2.35. The number of piperidine rings is 1. The molecule has 2 fully saturated rings. The molecule has 6 nitrogen and oxygen atoms in total. The van der Waals surface area contributed by atoms with E-state index in [2.05, 4.69) is 15.6 Å². The molecule has 0 bridgehead atoms. The van der Waals surface area contributed by atoms with Crippen molar-refractivity contribution in [2.24, 2.45) is 5.41 Å². The van der Waals surface area contributed by atoms with Gasteiger partial charge in [-0.25, -0.2) is 4.98 Å². The number of hydrogen-bond acceptors (Lipinski definition) is 4. The van der Waals surface area contributed by atoms with Crippen molar-refractivity contribution in [3.63, 3.8) is 0 Å². The number of methoxy groups -OCH3 is 1. The minimum Gasteiger partial charge on any atom is -0.384 e. The Balaban J connectivity index is 0.00000131. The molecule has 4 rings (SSSR count). The van der Waals surface area contributed by atoms with Gasteiger partial charge in [-0.15, -0.1) is 24.8 Å². The van der Waals surface area contributed by atoms with Gasteiger partial charge in [-0.2, -0.15) is 0 Å². The topological polar surface area (TPSA) is 79.0 Å². The summed E-state index contributed by atoms with van der Waals surface area (Å²) in [5.74, 6) is 1.71.